The van der Waals surface area contributed by atoms with Crippen molar-refractivity contribution in [3.05, 3.63) is 54.4 Å². The molecule has 0 bridgehead atoms. The number of benzene rings is 1. The highest BCUT2D eigenvalue weighted by molar-refractivity contribution is 5.94. The Kier molecular flexibility index (Phi) is 4.82. The molecular weight excluding hydrogens is 362 g/mol. The second-order valence-electron chi connectivity index (χ2n) is 6.94. The summed E-state index contributed by atoms with van der Waals surface area (Å²) in [5, 5.41) is 19.1. The van der Waals surface area contributed by atoms with Crippen LogP contribution in [-0.4, -0.2) is 66.7 Å². The van der Waals surface area contributed by atoms with Gasteiger partial charge in [0.15, 0.2) is 5.82 Å². The molecule has 1 N–H and O–H groups in total. The minimum absolute atomic E-state index is 0.0467. The monoisotopic (exact) mass is 383 g/mol. The van der Waals surface area contributed by atoms with Crippen LogP contribution in [0.5, 0.6) is 0 Å². The zero-order chi connectivity index (χ0) is 19.7. The molecule has 0 spiro atoms. The second kappa shape index (κ2) is 7.43. The average molecular weight is 383 g/mol. The van der Waals surface area contributed by atoms with E-state index in [1.54, 1.807) is 12.1 Å². The van der Waals surface area contributed by atoms with Crippen molar-refractivity contribution in [1.82, 2.24) is 25.0 Å². The first-order valence-corrected chi connectivity index (χ1v) is 9.18. The predicted molar refractivity (Wildman–Crippen MR) is 98.6 cm³/mol. The topological polar surface area (TPSA) is 101 Å². The van der Waals surface area contributed by atoms with E-state index in [1.165, 1.54) is 28.3 Å². The zero-order valence-corrected chi connectivity index (χ0v) is 15.4. The maximum atomic E-state index is 13.0. The van der Waals surface area contributed by atoms with Gasteiger partial charge in [-0.2, -0.15) is 10.2 Å². The summed E-state index contributed by atoms with van der Waals surface area (Å²) >= 11 is 0. The van der Waals surface area contributed by atoms with E-state index in [2.05, 4.69) is 10.2 Å². The largest absolute Gasteiger partial charge is 0.479 e. The molecule has 9 heteroatoms. The van der Waals surface area contributed by atoms with Gasteiger partial charge in [0.2, 0.25) is 6.10 Å². The molecule has 0 aliphatic carbocycles. The van der Waals surface area contributed by atoms with Crippen LogP contribution in [0.25, 0.3) is 5.82 Å². The van der Waals surface area contributed by atoms with Crippen molar-refractivity contribution in [1.29, 1.82) is 0 Å². The third-order valence-electron chi connectivity index (χ3n) is 5.09. The Morgan fingerprint density at radius 1 is 1.14 bits per heavy atom. The third-order valence-corrected chi connectivity index (χ3v) is 5.09. The lowest BCUT2D eigenvalue weighted by molar-refractivity contribution is -0.184. The summed E-state index contributed by atoms with van der Waals surface area (Å²) in [5.74, 6) is -0.688. The molecule has 1 aromatic heterocycles. The molecule has 0 radical (unpaired) electrons. The highest BCUT2D eigenvalue weighted by Gasteiger charge is 2.40. The van der Waals surface area contributed by atoms with Gasteiger partial charge in [0.05, 0.1) is 18.4 Å². The Bertz CT molecular complexity index is 883. The molecule has 28 heavy (non-hydrogen) atoms. The molecule has 4 rings (SSSR count). The van der Waals surface area contributed by atoms with Gasteiger partial charge in [-0.1, -0.05) is 18.2 Å². The lowest BCUT2D eigenvalue weighted by Gasteiger charge is -2.41. The second-order valence-corrected chi connectivity index (χ2v) is 6.94. The van der Waals surface area contributed by atoms with E-state index in [4.69, 9.17) is 4.84 Å². The van der Waals surface area contributed by atoms with Crippen LogP contribution < -0.4 is 0 Å². The van der Waals surface area contributed by atoms with Crippen LogP contribution >= 0.6 is 0 Å². The standard InChI is InChI=1S/C19H21N5O4/c1-13-7-8-15(12-22(13)18(25)14-5-3-2-4-6-14)23-17(24-20-9-10-21-24)11-16(28-23)19(26)27/h2-6,9-11,13,15-16H,7-8,12H2,1H3,(H,26,27). The number of carbonyl (C=O) groups excluding carboxylic acids is 1. The van der Waals surface area contributed by atoms with Crippen LogP contribution in [0.1, 0.15) is 30.1 Å². The lowest BCUT2D eigenvalue weighted by Crippen LogP contribution is -2.52. The Morgan fingerprint density at radius 3 is 2.54 bits per heavy atom. The van der Waals surface area contributed by atoms with Gasteiger partial charge in [-0.15, -0.1) is 4.80 Å². The number of aromatic nitrogens is 3. The molecule has 3 heterocycles. The van der Waals surface area contributed by atoms with Gasteiger partial charge < -0.3 is 10.0 Å². The van der Waals surface area contributed by atoms with E-state index in [9.17, 15) is 14.7 Å². The van der Waals surface area contributed by atoms with Crippen LogP contribution in [0.15, 0.2) is 48.8 Å². The van der Waals surface area contributed by atoms with Crippen molar-refractivity contribution in [3.8, 4) is 0 Å². The molecule has 3 atom stereocenters. The molecule has 2 aliphatic heterocycles. The van der Waals surface area contributed by atoms with E-state index in [0.29, 0.717) is 17.9 Å². The van der Waals surface area contributed by atoms with E-state index >= 15 is 0 Å². The zero-order valence-electron chi connectivity index (χ0n) is 15.4. The lowest BCUT2D eigenvalue weighted by atomic mass is 9.98. The summed E-state index contributed by atoms with van der Waals surface area (Å²) in [4.78, 5) is 33.2. The maximum Gasteiger partial charge on any atom is 0.339 e. The average Bonchev–Trinajstić information content (AvgIpc) is 3.38. The van der Waals surface area contributed by atoms with Crippen LogP contribution in [-0.2, 0) is 9.63 Å². The van der Waals surface area contributed by atoms with Crippen LogP contribution in [0.2, 0.25) is 0 Å². The fourth-order valence-corrected chi connectivity index (χ4v) is 3.60. The molecule has 2 aliphatic rings. The van der Waals surface area contributed by atoms with Crippen molar-refractivity contribution < 1.29 is 19.5 Å². The van der Waals surface area contributed by atoms with Gasteiger partial charge in [-0.05, 0) is 31.9 Å². The Balaban J connectivity index is 1.57. The number of likely N-dealkylation sites (tertiary alicyclic amines) is 1. The van der Waals surface area contributed by atoms with Crippen LogP contribution in [0.3, 0.4) is 0 Å². The van der Waals surface area contributed by atoms with Gasteiger partial charge in [0.25, 0.3) is 5.91 Å². The number of piperidine rings is 1. The first kappa shape index (κ1) is 18.2. The highest BCUT2D eigenvalue weighted by atomic mass is 16.7. The molecule has 146 valence electrons. The van der Waals surface area contributed by atoms with Gasteiger partial charge in [0.1, 0.15) is 0 Å². The number of rotatable bonds is 4. The van der Waals surface area contributed by atoms with Crippen molar-refractivity contribution in [2.45, 2.75) is 38.0 Å². The van der Waals surface area contributed by atoms with Gasteiger partial charge >= 0.3 is 5.97 Å². The molecular formula is C19H21N5O4. The molecule has 1 amide bonds. The number of hydrogen-bond acceptors (Lipinski definition) is 6. The van der Waals surface area contributed by atoms with Crippen molar-refractivity contribution in [2.24, 2.45) is 0 Å². The normalized spacial score (nSPS) is 24.9. The van der Waals surface area contributed by atoms with E-state index in [1.807, 2.05) is 30.0 Å². The number of hydroxylamine groups is 2. The Hall–Kier alpha value is -3.20. The van der Waals surface area contributed by atoms with E-state index in [0.717, 1.165) is 12.8 Å². The number of aliphatic carboxylic acids is 1. The number of carboxylic acids is 1. The van der Waals surface area contributed by atoms with Gasteiger partial charge in [-0.3, -0.25) is 9.63 Å². The molecule has 3 unspecified atom stereocenters. The molecule has 2 aromatic rings. The fraction of sp³-hybridized carbons (Fsp3) is 0.368. The SMILES string of the molecule is CC1CCC(N2OC(C(=O)O)C=C2n2nccn2)CN1C(=O)c1ccccc1. The Morgan fingerprint density at radius 2 is 1.86 bits per heavy atom. The van der Waals surface area contributed by atoms with Crippen molar-refractivity contribution >= 4 is 17.7 Å². The summed E-state index contributed by atoms with van der Waals surface area (Å²) < 4.78 is 0. The summed E-state index contributed by atoms with van der Waals surface area (Å²) in [6.45, 7) is 2.44. The van der Waals surface area contributed by atoms with Crippen molar-refractivity contribution in [3.63, 3.8) is 0 Å². The Labute approximate surface area is 161 Å². The maximum absolute atomic E-state index is 13.0. The van der Waals surface area contributed by atoms with Crippen LogP contribution in [0.4, 0.5) is 0 Å². The number of hydrogen-bond donors (Lipinski definition) is 1. The van der Waals surface area contributed by atoms with E-state index < -0.39 is 12.1 Å². The van der Waals surface area contributed by atoms with Gasteiger partial charge in [-0.25, -0.2) is 9.86 Å². The molecule has 1 aromatic carbocycles. The number of amides is 1. The molecule has 9 nitrogen and oxygen atoms in total. The summed E-state index contributed by atoms with van der Waals surface area (Å²) in [6.07, 6.45) is 4.93. The van der Waals surface area contributed by atoms with E-state index in [-0.39, 0.29) is 18.0 Å². The minimum Gasteiger partial charge on any atom is -0.479 e. The third kappa shape index (κ3) is 3.36. The van der Waals surface area contributed by atoms with Crippen LogP contribution in [0, 0.1) is 0 Å². The van der Waals surface area contributed by atoms with Crippen molar-refractivity contribution in [2.75, 3.05) is 6.54 Å². The molecule has 1 saturated heterocycles. The fourth-order valence-electron chi connectivity index (χ4n) is 3.60. The van der Waals surface area contributed by atoms with Gasteiger partial charge in [0, 0.05) is 24.2 Å². The highest BCUT2D eigenvalue weighted by Crippen LogP contribution is 2.31. The quantitative estimate of drug-likeness (QED) is 0.853. The number of nitrogens with zero attached hydrogens (tertiary/aromatic N) is 5. The smallest absolute Gasteiger partial charge is 0.339 e. The minimum atomic E-state index is -1.11. The summed E-state index contributed by atoms with van der Waals surface area (Å²) in [6, 6.07) is 9.02. The summed E-state index contributed by atoms with van der Waals surface area (Å²) in [5.41, 5.74) is 0.630. The summed E-state index contributed by atoms with van der Waals surface area (Å²) in [7, 11) is 0. The first-order valence-electron chi connectivity index (χ1n) is 9.18. The molecule has 1 fully saturated rings. The number of carbonyl (C=O) groups is 2. The first-order chi connectivity index (χ1) is 13.5. The predicted octanol–water partition coefficient (Wildman–Crippen LogP) is 1.47. The number of carboxylic acid groups (broad SMARTS) is 1. The molecule has 0 saturated carbocycles.